The van der Waals surface area contributed by atoms with Crippen LogP contribution in [-0.4, -0.2) is 6.54 Å². The van der Waals surface area contributed by atoms with Gasteiger partial charge >= 0.3 is 0 Å². The molecular formula is C27H24ClN2S+. The van der Waals surface area contributed by atoms with E-state index in [1.807, 2.05) is 23.9 Å². The van der Waals surface area contributed by atoms with E-state index in [1.165, 1.54) is 37.3 Å². The van der Waals surface area contributed by atoms with Crippen LogP contribution in [0.3, 0.4) is 0 Å². The van der Waals surface area contributed by atoms with Gasteiger partial charge in [0.15, 0.2) is 6.20 Å². The molecule has 0 unspecified atom stereocenters. The normalized spacial score (nSPS) is 14.9. The second-order valence-electron chi connectivity index (χ2n) is 7.56. The van der Waals surface area contributed by atoms with Gasteiger partial charge in [-0.3, -0.25) is 0 Å². The molecule has 0 spiro atoms. The minimum absolute atomic E-state index is 0.767. The van der Waals surface area contributed by atoms with Crippen molar-refractivity contribution in [1.29, 1.82) is 0 Å². The predicted octanol–water partition coefficient (Wildman–Crippen LogP) is 7.44. The smallest absolute Gasteiger partial charge is 0.214 e. The number of aryl methyl sites for hydroxylation is 1. The van der Waals surface area contributed by atoms with Crippen LogP contribution in [0.15, 0.2) is 88.9 Å². The molecule has 0 aliphatic carbocycles. The van der Waals surface area contributed by atoms with Crippen molar-refractivity contribution in [2.24, 2.45) is 0 Å². The van der Waals surface area contributed by atoms with Crippen molar-refractivity contribution < 1.29 is 4.57 Å². The zero-order chi connectivity index (χ0) is 21.4. The number of allylic oxidation sites excluding steroid dienone is 2. The number of aromatic nitrogens is 1. The van der Waals surface area contributed by atoms with E-state index < -0.39 is 0 Å². The van der Waals surface area contributed by atoms with Crippen LogP contribution in [0, 0.1) is 0 Å². The van der Waals surface area contributed by atoms with E-state index in [0.717, 1.165) is 23.6 Å². The van der Waals surface area contributed by atoms with E-state index >= 15 is 0 Å². The molecule has 1 aliphatic rings. The van der Waals surface area contributed by atoms with Crippen molar-refractivity contribution in [1.82, 2.24) is 0 Å². The number of pyridine rings is 1. The molecule has 0 saturated carbocycles. The lowest BCUT2D eigenvalue weighted by molar-refractivity contribution is -0.667. The first kappa shape index (κ1) is 20.2. The minimum Gasteiger partial charge on any atom is -0.335 e. The van der Waals surface area contributed by atoms with Crippen molar-refractivity contribution in [3.63, 3.8) is 0 Å². The zero-order valence-electron chi connectivity index (χ0n) is 17.7. The molecule has 0 amide bonds. The second-order valence-corrected chi connectivity index (χ2v) is 9.06. The van der Waals surface area contributed by atoms with Gasteiger partial charge < -0.3 is 4.90 Å². The topological polar surface area (TPSA) is 7.12 Å². The first-order chi connectivity index (χ1) is 15.2. The van der Waals surface area contributed by atoms with Gasteiger partial charge in [0.1, 0.15) is 6.54 Å². The van der Waals surface area contributed by atoms with Crippen LogP contribution < -0.4 is 9.47 Å². The third-order valence-corrected chi connectivity index (χ3v) is 7.15. The Labute approximate surface area is 192 Å². The number of fused-ring (bicyclic) bond motifs is 4. The van der Waals surface area contributed by atoms with Gasteiger partial charge in [0.25, 0.3) is 0 Å². The summed E-state index contributed by atoms with van der Waals surface area (Å²) < 4.78 is 2.23. The van der Waals surface area contributed by atoms with Gasteiger partial charge in [-0.05, 0) is 49.1 Å². The molecule has 2 nitrogen and oxygen atoms in total. The maximum absolute atomic E-state index is 6.26. The number of halogens is 1. The molecule has 1 aromatic heterocycles. The fourth-order valence-corrected chi connectivity index (χ4v) is 5.62. The van der Waals surface area contributed by atoms with E-state index in [4.69, 9.17) is 11.6 Å². The van der Waals surface area contributed by atoms with E-state index in [9.17, 15) is 0 Å². The van der Waals surface area contributed by atoms with Gasteiger partial charge in [0.2, 0.25) is 5.52 Å². The molecule has 5 rings (SSSR count). The molecule has 1 aliphatic heterocycles. The highest BCUT2D eigenvalue weighted by molar-refractivity contribution is 8.03. The molecular weight excluding hydrogens is 420 g/mol. The molecule has 31 heavy (non-hydrogen) atoms. The third-order valence-electron chi connectivity index (χ3n) is 5.80. The molecule has 4 aromatic rings. The van der Waals surface area contributed by atoms with Crippen molar-refractivity contribution >= 4 is 56.8 Å². The number of hydrogen-bond donors (Lipinski definition) is 0. The Morgan fingerprint density at radius 2 is 1.87 bits per heavy atom. The van der Waals surface area contributed by atoms with Gasteiger partial charge in [-0.1, -0.05) is 65.8 Å². The molecule has 2 heterocycles. The quantitative estimate of drug-likeness (QED) is 0.302. The van der Waals surface area contributed by atoms with Crippen LogP contribution in [-0.2, 0) is 6.54 Å². The first-order valence-electron chi connectivity index (χ1n) is 10.7. The maximum atomic E-state index is 6.26. The summed E-state index contributed by atoms with van der Waals surface area (Å²) in [6.45, 7) is 6.22. The van der Waals surface area contributed by atoms with Gasteiger partial charge in [0, 0.05) is 34.0 Å². The Balaban J connectivity index is 1.51. The average molecular weight is 444 g/mol. The highest BCUT2D eigenvalue weighted by Crippen LogP contribution is 2.49. The summed E-state index contributed by atoms with van der Waals surface area (Å²) in [6.07, 6.45) is 8.72. The van der Waals surface area contributed by atoms with E-state index in [0.29, 0.717) is 0 Å². The van der Waals surface area contributed by atoms with Gasteiger partial charge in [-0.15, -0.1) is 0 Å². The summed E-state index contributed by atoms with van der Waals surface area (Å²) >= 11 is 8.10. The molecule has 3 aromatic carbocycles. The maximum Gasteiger partial charge on any atom is 0.214 e. The molecule has 0 atom stereocenters. The summed E-state index contributed by atoms with van der Waals surface area (Å²) in [7, 11) is 0. The fourth-order valence-electron chi connectivity index (χ4n) is 4.29. The molecule has 0 N–H and O–H groups in total. The third kappa shape index (κ3) is 3.62. The Morgan fingerprint density at radius 1 is 1.00 bits per heavy atom. The van der Waals surface area contributed by atoms with E-state index in [-0.39, 0.29) is 0 Å². The summed E-state index contributed by atoms with van der Waals surface area (Å²) in [6, 6.07) is 21.4. The molecule has 4 heteroatoms. The zero-order valence-corrected chi connectivity index (χ0v) is 19.3. The van der Waals surface area contributed by atoms with Crippen molar-refractivity contribution in [3.8, 4) is 0 Å². The van der Waals surface area contributed by atoms with Crippen LogP contribution in [0.2, 0.25) is 5.02 Å². The Morgan fingerprint density at radius 3 is 2.71 bits per heavy atom. The van der Waals surface area contributed by atoms with Gasteiger partial charge in [-0.25, -0.2) is 0 Å². The monoisotopic (exact) mass is 443 g/mol. The van der Waals surface area contributed by atoms with Crippen molar-refractivity contribution in [3.05, 3.63) is 94.6 Å². The highest BCUT2D eigenvalue weighted by atomic mass is 35.5. The minimum atomic E-state index is 0.767. The highest BCUT2D eigenvalue weighted by Gasteiger charge is 2.25. The lowest BCUT2D eigenvalue weighted by atomic mass is 10.1. The Bertz CT molecular complexity index is 1360. The average Bonchev–Trinajstić information content (AvgIpc) is 3.17. The molecule has 0 radical (unpaired) electrons. The summed E-state index contributed by atoms with van der Waals surface area (Å²) in [5.74, 6) is 0. The van der Waals surface area contributed by atoms with Crippen molar-refractivity contribution in [2.45, 2.75) is 25.3 Å². The number of rotatable bonds is 4. The molecule has 154 valence electrons. The lowest BCUT2D eigenvalue weighted by Crippen LogP contribution is -2.32. The number of benzene rings is 3. The number of anilines is 1. The van der Waals surface area contributed by atoms with Crippen LogP contribution in [0.4, 0.5) is 5.69 Å². The lowest BCUT2D eigenvalue weighted by Gasteiger charge is -2.19. The van der Waals surface area contributed by atoms with Gasteiger partial charge in [-0.2, -0.15) is 4.57 Å². The number of hydrogen-bond acceptors (Lipinski definition) is 2. The standard InChI is InChI=1S/C27H24ClN2S/c1-3-29-17-16-20(22-14-13-21(28)18-24(22)29)9-7-11-26-30(4-2)27-23-10-6-5-8-19(23)12-15-25(27)31-26/h5-18H,3-4H2,1-2H3/q+1. The van der Waals surface area contributed by atoms with Crippen LogP contribution in [0.1, 0.15) is 19.4 Å². The fraction of sp³-hybridized carbons (Fsp3) is 0.148. The van der Waals surface area contributed by atoms with Crippen molar-refractivity contribution in [2.75, 3.05) is 11.4 Å². The molecule has 0 saturated heterocycles. The summed E-state index contributed by atoms with van der Waals surface area (Å²) in [4.78, 5) is 3.74. The van der Waals surface area contributed by atoms with Gasteiger partial charge in [0.05, 0.1) is 16.1 Å². The van der Waals surface area contributed by atoms with E-state index in [2.05, 4.69) is 96.3 Å². The predicted molar refractivity (Wildman–Crippen MR) is 135 cm³/mol. The Hall–Kier alpha value is -2.75. The first-order valence-corrected chi connectivity index (χ1v) is 11.9. The summed E-state index contributed by atoms with van der Waals surface area (Å²) in [5.41, 5.74) is 3.69. The van der Waals surface area contributed by atoms with Crippen LogP contribution in [0.25, 0.3) is 27.8 Å². The number of thioether (sulfide) groups is 1. The largest absolute Gasteiger partial charge is 0.335 e. The second kappa shape index (κ2) is 8.41. The van der Waals surface area contributed by atoms with E-state index in [1.54, 1.807) is 0 Å². The molecule has 0 fully saturated rings. The van der Waals surface area contributed by atoms with Crippen LogP contribution in [0.5, 0.6) is 0 Å². The SMILES string of the molecule is CCN1C(=CC=Cc2cc[n+](CC)c3cc(Cl)ccc23)Sc2ccc3ccccc3c21. The Kier molecular flexibility index (Phi) is 5.47. The molecule has 0 bridgehead atoms. The number of nitrogens with zero attached hydrogens (tertiary/aromatic N) is 2. The van der Waals surface area contributed by atoms with Crippen LogP contribution >= 0.6 is 23.4 Å². The summed E-state index contributed by atoms with van der Waals surface area (Å²) in [5, 5.41) is 5.84.